The average Bonchev–Trinajstić information content (AvgIpc) is 3.35. The number of hydrogen-bond donors (Lipinski definition) is 0. The second-order valence-electron chi connectivity index (χ2n) is 7.32. The molecule has 2 aromatic carbocycles. The van der Waals surface area contributed by atoms with Crippen LogP contribution in [0.15, 0.2) is 41.3 Å². The van der Waals surface area contributed by atoms with E-state index in [1.807, 2.05) is 11.8 Å². The summed E-state index contributed by atoms with van der Waals surface area (Å²) in [6.45, 7) is 4.93. The van der Waals surface area contributed by atoms with E-state index in [9.17, 15) is 0 Å². The van der Waals surface area contributed by atoms with Gasteiger partial charge in [0.2, 0.25) is 6.79 Å². The molecular weight excluding hydrogens is 330 g/mol. The van der Waals surface area contributed by atoms with Gasteiger partial charge in [0.05, 0.1) is 5.69 Å². The fraction of sp³-hybridized carbons (Fsp3) is 0.429. The van der Waals surface area contributed by atoms with Crippen molar-refractivity contribution in [1.82, 2.24) is 0 Å². The lowest BCUT2D eigenvalue weighted by molar-refractivity contribution is 0.174. The molecular formula is C21H23NO2S. The zero-order valence-electron chi connectivity index (χ0n) is 14.5. The molecule has 2 heterocycles. The Labute approximate surface area is 153 Å². The van der Waals surface area contributed by atoms with Crippen LogP contribution in [0.5, 0.6) is 11.5 Å². The molecule has 0 N–H and O–H groups in total. The summed E-state index contributed by atoms with van der Waals surface area (Å²) in [4.78, 5) is 4.06. The third-order valence-corrected chi connectivity index (χ3v) is 6.77. The molecule has 130 valence electrons. The Kier molecular flexibility index (Phi) is 3.81. The Bertz CT molecular complexity index is 802. The molecule has 25 heavy (non-hydrogen) atoms. The van der Waals surface area contributed by atoms with E-state index < -0.39 is 0 Å². The van der Waals surface area contributed by atoms with Crippen molar-refractivity contribution in [2.24, 2.45) is 5.92 Å². The van der Waals surface area contributed by atoms with Crippen molar-refractivity contribution in [1.29, 1.82) is 0 Å². The molecule has 0 radical (unpaired) electrons. The fourth-order valence-corrected chi connectivity index (χ4v) is 5.24. The third-order valence-electron chi connectivity index (χ3n) is 5.39. The van der Waals surface area contributed by atoms with Crippen LogP contribution in [-0.2, 0) is 0 Å². The number of fused-ring (bicyclic) bond motifs is 2. The molecule has 0 bridgehead atoms. The van der Waals surface area contributed by atoms with Crippen molar-refractivity contribution >= 4 is 17.4 Å². The number of thioether (sulfide) groups is 1. The lowest BCUT2D eigenvalue weighted by Crippen LogP contribution is -2.27. The molecule has 1 aliphatic carbocycles. The highest BCUT2D eigenvalue weighted by molar-refractivity contribution is 7.99. The van der Waals surface area contributed by atoms with Gasteiger partial charge in [0.25, 0.3) is 0 Å². The van der Waals surface area contributed by atoms with Gasteiger partial charge in [0.15, 0.2) is 11.5 Å². The van der Waals surface area contributed by atoms with E-state index >= 15 is 0 Å². The Morgan fingerprint density at radius 3 is 2.84 bits per heavy atom. The Balaban J connectivity index is 1.48. The Morgan fingerprint density at radius 1 is 1.08 bits per heavy atom. The molecule has 0 aromatic heterocycles. The average molecular weight is 353 g/mol. The lowest BCUT2D eigenvalue weighted by Gasteiger charge is -2.26. The van der Waals surface area contributed by atoms with Gasteiger partial charge in [-0.05, 0) is 61.4 Å². The predicted octanol–water partition coefficient (Wildman–Crippen LogP) is 5.18. The number of aryl methyl sites for hydroxylation is 1. The topological polar surface area (TPSA) is 21.7 Å². The van der Waals surface area contributed by atoms with Crippen molar-refractivity contribution in [2.75, 3.05) is 24.8 Å². The number of benzene rings is 2. The van der Waals surface area contributed by atoms with Crippen molar-refractivity contribution in [3.05, 3.63) is 47.5 Å². The van der Waals surface area contributed by atoms with Gasteiger partial charge in [-0.3, -0.25) is 0 Å². The van der Waals surface area contributed by atoms with Gasteiger partial charge in [-0.1, -0.05) is 18.2 Å². The summed E-state index contributed by atoms with van der Waals surface area (Å²) in [6.07, 6.45) is 3.96. The summed E-state index contributed by atoms with van der Waals surface area (Å²) in [5, 5.41) is 0.458. The van der Waals surface area contributed by atoms with E-state index in [1.165, 1.54) is 41.1 Å². The van der Waals surface area contributed by atoms with Crippen molar-refractivity contribution in [3.63, 3.8) is 0 Å². The largest absolute Gasteiger partial charge is 0.454 e. The second kappa shape index (κ2) is 6.17. The third kappa shape index (κ3) is 2.97. The standard InChI is InChI=1S/C21H23NO2S/c1-14-3-2-4-20-21(14)22(12-15-5-6-15)10-9-19(25-20)16-7-8-17-18(11-16)24-13-23-17/h2-4,7-8,11,15,19H,5-6,9-10,12-13H2,1H3. The summed E-state index contributed by atoms with van der Waals surface area (Å²) in [7, 11) is 0. The number of nitrogens with zero attached hydrogens (tertiary/aromatic N) is 1. The number of ether oxygens (including phenoxy) is 2. The molecule has 2 aromatic rings. The van der Waals surface area contributed by atoms with E-state index in [4.69, 9.17) is 9.47 Å². The van der Waals surface area contributed by atoms with E-state index in [1.54, 1.807) is 0 Å². The first kappa shape index (κ1) is 15.4. The molecule has 1 saturated carbocycles. The Morgan fingerprint density at radius 2 is 1.96 bits per heavy atom. The number of para-hydroxylation sites is 1. The van der Waals surface area contributed by atoms with Crippen LogP contribution in [0.3, 0.4) is 0 Å². The van der Waals surface area contributed by atoms with Crippen LogP contribution in [0.2, 0.25) is 0 Å². The molecule has 0 saturated heterocycles. The van der Waals surface area contributed by atoms with Gasteiger partial charge < -0.3 is 14.4 Å². The molecule has 1 atom stereocenters. The summed E-state index contributed by atoms with van der Waals surface area (Å²) in [5.41, 5.74) is 4.20. The van der Waals surface area contributed by atoms with Crippen LogP contribution in [0, 0.1) is 12.8 Å². The number of rotatable bonds is 3. The SMILES string of the molecule is Cc1cccc2c1N(CC1CC1)CCC(c1ccc3c(c1)OCO3)S2. The molecule has 5 rings (SSSR count). The fourth-order valence-electron chi connectivity index (χ4n) is 3.87. The van der Waals surface area contributed by atoms with Crippen molar-refractivity contribution < 1.29 is 9.47 Å². The molecule has 3 nitrogen and oxygen atoms in total. The minimum absolute atomic E-state index is 0.341. The van der Waals surface area contributed by atoms with Crippen LogP contribution in [0.1, 0.15) is 35.6 Å². The summed E-state index contributed by atoms with van der Waals surface area (Å²) in [5.74, 6) is 2.66. The predicted molar refractivity (Wildman–Crippen MR) is 102 cm³/mol. The first-order chi connectivity index (χ1) is 12.3. The van der Waals surface area contributed by atoms with Crippen LogP contribution >= 0.6 is 11.8 Å². The van der Waals surface area contributed by atoms with Gasteiger partial charge in [0.1, 0.15) is 0 Å². The smallest absolute Gasteiger partial charge is 0.231 e. The second-order valence-corrected chi connectivity index (χ2v) is 8.56. The van der Waals surface area contributed by atoms with Crippen LogP contribution in [-0.4, -0.2) is 19.9 Å². The van der Waals surface area contributed by atoms with E-state index in [2.05, 4.69) is 48.2 Å². The summed E-state index contributed by atoms with van der Waals surface area (Å²) >= 11 is 2.00. The monoisotopic (exact) mass is 353 g/mol. The molecule has 4 heteroatoms. The van der Waals surface area contributed by atoms with E-state index in [-0.39, 0.29) is 0 Å². The van der Waals surface area contributed by atoms with Crippen LogP contribution in [0.4, 0.5) is 5.69 Å². The molecule has 0 spiro atoms. The minimum atomic E-state index is 0.341. The Hall–Kier alpha value is -1.81. The molecule has 0 amide bonds. The highest BCUT2D eigenvalue weighted by Gasteiger charge is 2.30. The molecule has 1 unspecified atom stereocenters. The maximum atomic E-state index is 5.59. The number of hydrogen-bond acceptors (Lipinski definition) is 4. The normalized spacial score (nSPS) is 21.8. The zero-order chi connectivity index (χ0) is 16.8. The van der Waals surface area contributed by atoms with Gasteiger partial charge in [-0.2, -0.15) is 0 Å². The lowest BCUT2D eigenvalue weighted by atomic mass is 10.1. The first-order valence-electron chi connectivity index (χ1n) is 9.19. The van der Waals surface area contributed by atoms with Crippen molar-refractivity contribution in [2.45, 2.75) is 36.3 Å². The molecule has 1 fully saturated rings. The van der Waals surface area contributed by atoms with E-state index in [0.29, 0.717) is 12.0 Å². The molecule has 2 aliphatic heterocycles. The van der Waals surface area contributed by atoms with Gasteiger partial charge >= 0.3 is 0 Å². The maximum Gasteiger partial charge on any atom is 0.231 e. The van der Waals surface area contributed by atoms with E-state index in [0.717, 1.165) is 30.4 Å². The maximum absolute atomic E-state index is 5.59. The van der Waals surface area contributed by atoms with Crippen LogP contribution < -0.4 is 14.4 Å². The summed E-state index contributed by atoms with van der Waals surface area (Å²) < 4.78 is 11.1. The van der Waals surface area contributed by atoms with Gasteiger partial charge in [0, 0.05) is 23.2 Å². The van der Waals surface area contributed by atoms with Crippen LogP contribution in [0.25, 0.3) is 0 Å². The highest BCUT2D eigenvalue weighted by atomic mass is 32.2. The highest BCUT2D eigenvalue weighted by Crippen LogP contribution is 2.48. The van der Waals surface area contributed by atoms with Gasteiger partial charge in [-0.15, -0.1) is 11.8 Å². The van der Waals surface area contributed by atoms with Crippen molar-refractivity contribution in [3.8, 4) is 11.5 Å². The molecule has 3 aliphatic rings. The minimum Gasteiger partial charge on any atom is -0.454 e. The number of anilines is 1. The zero-order valence-corrected chi connectivity index (χ0v) is 15.3. The first-order valence-corrected chi connectivity index (χ1v) is 10.1. The quantitative estimate of drug-likeness (QED) is 0.758. The van der Waals surface area contributed by atoms with Gasteiger partial charge in [-0.25, -0.2) is 0 Å². The summed E-state index contributed by atoms with van der Waals surface area (Å²) in [6, 6.07) is 13.2.